The zero-order valence-electron chi connectivity index (χ0n) is 15.3. The van der Waals surface area contributed by atoms with Crippen LogP contribution in [0, 0.1) is 5.82 Å². The van der Waals surface area contributed by atoms with Crippen LogP contribution in [0.4, 0.5) is 4.39 Å². The molecule has 8 heteroatoms. The zero-order chi connectivity index (χ0) is 18.9. The van der Waals surface area contributed by atoms with Gasteiger partial charge in [-0.1, -0.05) is 0 Å². The average Bonchev–Trinajstić information content (AvgIpc) is 2.91. The SMILES string of the molecule is CC(C)OCCCN1CCc2cc(O)c(C3CCNS3(=O)=O)c(F)c2C1. The Bertz CT molecular complexity index is 767. The molecule has 6 nitrogen and oxygen atoms in total. The Morgan fingerprint density at radius 3 is 2.88 bits per heavy atom. The molecule has 1 fully saturated rings. The molecule has 146 valence electrons. The molecule has 3 rings (SSSR count). The van der Waals surface area contributed by atoms with E-state index in [1.807, 2.05) is 13.8 Å². The molecule has 0 amide bonds. The molecule has 1 unspecified atom stereocenters. The number of fused-ring (bicyclic) bond motifs is 1. The van der Waals surface area contributed by atoms with Gasteiger partial charge in [-0.05, 0) is 44.7 Å². The predicted molar refractivity (Wildman–Crippen MR) is 97.0 cm³/mol. The van der Waals surface area contributed by atoms with Crippen molar-refractivity contribution < 1.29 is 22.7 Å². The Balaban J connectivity index is 1.78. The normalized spacial score (nSPS) is 22.7. The van der Waals surface area contributed by atoms with E-state index in [0.717, 1.165) is 25.1 Å². The third kappa shape index (κ3) is 4.03. The van der Waals surface area contributed by atoms with Crippen molar-refractivity contribution in [1.29, 1.82) is 0 Å². The molecule has 1 aromatic carbocycles. The number of ether oxygens (including phenoxy) is 1. The van der Waals surface area contributed by atoms with Crippen LogP contribution in [-0.2, 0) is 27.7 Å². The standard InChI is InChI=1S/C18H27FN2O4S/c1-12(2)25-9-3-7-21-8-5-13-10-15(22)17(18(19)14(13)11-21)16-4-6-20-26(16,23)24/h10,12,16,20,22H,3-9,11H2,1-2H3. The number of hydrogen-bond acceptors (Lipinski definition) is 5. The fraction of sp³-hybridized carbons (Fsp3) is 0.667. The van der Waals surface area contributed by atoms with Gasteiger partial charge in [0, 0.05) is 43.9 Å². The van der Waals surface area contributed by atoms with Gasteiger partial charge < -0.3 is 9.84 Å². The number of sulfonamides is 1. The second-order valence-corrected chi connectivity index (χ2v) is 9.22. The summed E-state index contributed by atoms with van der Waals surface area (Å²) in [4.78, 5) is 2.15. The van der Waals surface area contributed by atoms with E-state index in [1.54, 1.807) is 6.07 Å². The molecule has 2 aliphatic rings. The summed E-state index contributed by atoms with van der Waals surface area (Å²) in [5.74, 6) is -0.822. The number of nitrogens with zero attached hydrogens (tertiary/aromatic N) is 1. The highest BCUT2D eigenvalue weighted by atomic mass is 32.2. The first kappa shape index (κ1) is 19.5. The predicted octanol–water partition coefficient (Wildman–Crippen LogP) is 2.07. The molecule has 2 N–H and O–H groups in total. The number of benzene rings is 1. The third-order valence-corrected chi connectivity index (χ3v) is 6.86. The van der Waals surface area contributed by atoms with Crippen LogP contribution in [0.2, 0.25) is 0 Å². The number of rotatable bonds is 6. The summed E-state index contributed by atoms with van der Waals surface area (Å²) in [6.45, 7) is 6.93. The summed E-state index contributed by atoms with van der Waals surface area (Å²) in [5.41, 5.74) is 1.19. The van der Waals surface area contributed by atoms with Gasteiger partial charge in [-0.2, -0.15) is 0 Å². The van der Waals surface area contributed by atoms with Crippen LogP contribution >= 0.6 is 0 Å². The van der Waals surface area contributed by atoms with Gasteiger partial charge in [-0.3, -0.25) is 4.90 Å². The highest BCUT2D eigenvalue weighted by Gasteiger charge is 2.38. The summed E-state index contributed by atoms with van der Waals surface area (Å²) < 4.78 is 47.3. The van der Waals surface area contributed by atoms with Crippen molar-refractivity contribution in [1.82, 2.24) is 9.62 Å². The number of nitrogens with one attached hydrogen (secondary N) is 1. The number of aromatic hydroxyl groups is 1. The quantitative estimate of drug-likeness (QED) is 0.732. The lowest BCUT2D eigenvalue weighted by atomic mass is 9.93. The zero-order valence-corrected chi connectivity index (χ0v) is 16.1. The first-order valence-corrected chi connectivity index (χ1v) is 10.7. The van der Waals surface area contributed by atoms with Gasteiger partial charge in [0.1, 0.15) is 16.8 Å². The maximum absolute atomic E-state index is 15.2. The highest BCUT2D eigenvalue weighted by Crippen LogP contribution is 2.40. The van der Waals surface area contributed by atoms with E-state index in [0.29, 0.717) is 25.1 Å². The van der Waals surface area contributed by atoms with Crippen LogP contribution < -0.4 is 4.72 Å². The lowest BCUT2D eigenvalue weighted by molar-refractivity contribution is 0.0694. The molecule has 0 bridgehead atoms. The summed E-state index contributed by atoms with van der Waals surface area (Å²) >= 11 is 0. The van der Waals surface area contributed by atoms with E-state index in [2.05, 4.69) is 9.62 Å². The summed E-state index contributed by atoms with van der Waals surface area (Å²) in [6, 6.07) is 1.54. The molecule has 2 aliphatic heterocycles. The molecular formula is C18H27FN2O4S. The van der Waals surface area contributed by atoms with Crippen LogP contribution in [-0.4, -0.2) is 50.8 Å². The van der Waals surface area contributed by atoms with Crippen molar-refractivity contribution in [3.63, 3.8) is 0 Å². The van der Waals surface area contributed by atoms with Crippen LogP contribution in [0.1, 0.15) is 48.6 Å². The van der Waals surface area contributed by atoms with Crippen LogP contribution in [0.25, 0.3) is 0 Å². The van der Waals surface area contributed by atoms with Crippen LogP contribution in [0.3, 0.4) is 0 Å². The van der Waals surface area contributed by atoms with Crippen molar-refractivity contribution in [3.8, 4) is 5.75 Å². The smallest absolute Gasteiger partial charge is 0.218 e. The number of halogens is 1. The topological polar surface area (TPSA) is 78.9 Å². The molecule has 0 saturated carbocycles. The Kier molecular flexibility index (Phi) is 5.86. The maximum Gasteiger partial charge on any atom is 0.218 e. The molecule has 0 radical (unpaired) electrons. The molecule has 0 aliphatic carbocycles. The third-order valence-electron chi connectivity index (χ3n) is 5.03. The average molecular weight is 386 g/mol. The highest BCUT2D eigenvalue weighted by molar-refractivity contribution is 7.90. The summed E-state index contributed by atoms with van der Waals surface area (Å²) in [5, 5.41) is 9.24. The van der Waals surface area contributed by atoms with Gasteiger partial charge in [-0.15, -0.1) is 0 Å². The van der Waals surface area contributed by atoms with E-state index < -0.39 is 21.1 Å². The van der Waals surface area contributed by atoms with Crippen LogP contribution in [0.5, 0.6) is 5.75 Å². The lowest BCUT2D eigenvalue weighted by Crippen LogP contribution is -2.33. The van der Waals surface area contributed by atoms with E-state index >= 15 is 4.39 Å². The van der Waals surface area contributed by atoms with Gasteiger partial charge in [0.05, 0.1) is 6.10 Å². The van der Waals surface area contributed by atoms with Crippen LogP contribution in [0.15, 0.2) is 6.07 Å². The summed E-state index contributed by atoms with van der Waals surface area (Å²) in [7, 11) is -3.63. The van der Waals surface area contributed by atoms with Gasteiger partial charge in [0.25, 0.3) is 0 Å². The second kappa shape index (κ2) is 7.80. The molecule has 0 aromatic heterocycles. The number of phenols is 1. The minimum absolute atomic E-state index is 0.0845. The maximum atomic E-state index is 15.2. The molecule has 1 saturated heterocycles. The van der Waals surface area contributed by atoms with E-state index in [1.165, 1.54) is 0 Å². The van der Waals surface area contributed by atoms with E-state index in [9.17, 15) is 13.5 Å². The molecule has 2 heterocycles. The monoisotopic (exact) mass is 386 g/mol. The van der Waals surface area contributed by atoms with Crippen molar-refractivity contribution in [2.24, 2.45) is 0 Å². The Labute approximate surface area is 154 Å². The minimum atomic E-state index is -3.63. The Morgan fingerprint density at radius 2 is 2.23 bits per heavy atom. The molecule has 0 spiro atoms. The van der Waals surface area contributed by atoms with E-state index in [-0.39, 0.29) is 30.4 Å². The van der Waals surface area contributed by atoms with E-state index in [4.69, 9.17) is 4.74 Å². The van der Waals surface area contributed by atoms with Gasteiger partial charge in [0.2, 0.25) is 10.0 Å². The molecule has 1 atom stereocenters. The summed E-state index contributed by atoms with van der Waals surface area (Å²) in [6.07, 6.45) is 1.96. The van der Waals surface area contributed by atoms with Gasteiger partial charge >= 0.3 is 0 Å². The van der Waals surface area contributed by atoms with Gasteiger partial charge in [0.15, 0.2) is 0 Å². The van der Waals surface area contributed by atoms with Crippen molar-refractivity contribution >= 4 is 10.0 Å². The molecule has 26 heavy (non-hydrogen) atoms. The lowest BCUT2D eigenvalue weighted by Gasteiger charge is -2.30. The Hall–Kier alpha value is -1.22. The van der Waals surface area contributed by atoms with Crippen molar-refractivity contribution in [2.45, 2.75) is 51.0 Å². The second-order valence-electron chi connectivity index (χ2n) is 7.28. The number of hydrogen-bond donors (Lipinski definition) is 2. The van der Waals surface area contributed by atoms with Gasteiger partial charge in [-0.25, -0.2) is 17.5 Å². The number of phenolic OH excluding ortho intramolecular Hbond substituents is 1. The molecule has 1 aromatic rings. The molecular weight excluding hydrogens is 359 g/mol. The minimum Gasteiger partial charge on any atom is -0.508 e. The van der Waals surface area contributed by atoms with Crippen molar-refractivity contribution in [3.05, 3.63) is 28.6 Å². The first-order valence-electron chi connectivity index (χ1n) is 9.15. The Morgan fingerprint density at radius 1 is 1.46 bits per heavy atom. The fourth-order valence-electron chi connectivity index (χ4n) is 3.71. The first-order chi connectivity index (χ1) is 12.3. The largest absolute Gasteiger partial charge is 0.508 e. The fourth-order valence-corrected chi connectivity index (χ4v) is 5.28. The van der Waals surface area contributed by atoms with Crippen molar-refractivity contribution in [2.75, 3.05) is 26.2 Å².